The molecule has 7 nitrogen and oxygen atoms in total. The highest BCUT2D eigenvalue weighted by Crippen LogP contribution is 2.43. The second-order valence-electron chi connectivity index (χ2n) is 7.84. The maximum atomic E-state index is 13.7. The summed E-state index contributed by atoms with van der Waals surface area (Å²) in [5.74, 6) is 0.365. The number of halogens is 2. The first-order valence-electron chi connectivity index (χ1n) is 9.85. The van der Waals surface area contributed by atoms with Gasteiger partial charge in [0.05, 0.1) is 5.52 Å². The van der Waals surface area contributed by atoms with Crippen molar-refractivity contribution in [2.24, 2.45) is 0 Å². The quantitative estimate of drug-likeness (QED) is 0.339. The maximum Gasteiger partial charge on any atom is 0.277 e. The van der Waals surface area contributed by atoms with Gasteiger partial charge in [-0.25, -0.2) is 12.4 Å². The highest BCUT2D eigenvalue weighted by atomic mass is 35.7. The fraction of sp³-hybridized carbons (Fsp3) is 0.238. The molecule has 0 saturated carbocycles. The Morgan fingerprint density at radius 1 is 1.09 bits per heavy atom. The molecular weight excluding hydrogens is 527 g/mol. The van der Waals surface area contributed by atoms with Gasteiger partial charge in [-0.15, -0.1) is 11.3 Å². The van der Waals surface area contributed by atoms with Gasteiger partial charge in [0.2, 0.25) is 0 Å². The minimum Gasteiger partial charge on any atom is -0.492 e. The van der Waals surface area contributed by atoms with Gasteiger partial charge in [-0.05, 0) is 61.3 Å². The van der Waals surface area contributed by atoms with Gasteiger partial charge in [-0.3, -0.25) is 4.90 Å². The second kappa shape index (κ2) is 7.86. The number of aryl methyl sites for hydroxylation is 1. The van der Waals surface area contributed by atoms with Gasteiger partial charge in [0, 0.05) is 44.1 Å². The van der Waals surface area contributed by atoms with Crippen LogP contribution in [-0.2, 0) is 19.1 Å². The summed E-state index contributed by atoms with van der Waals surface area (Å²) in [4.78, 5) is 1.58. The van der Waals surface area contributed by atoms with E-state index in [0.717, 1.165) is 10.1 Å². The van der Waals surface area contributed by atoms with E-state index in [1.54, 1.807) is 55.3 Å². The number of benzene rings is 2. The van der Waals surface area contributed by atoms with E-state index in [4.69, 9.17) is 27.0 Å². The van der Waals surface area contributed by atoms with Crippen LogP contribution >= 0.6 is 33.6 Å². The van der Waals surface area contributed by atoms with E-state index in [1.165, 1.54) is 21.5 Å². The van der Waals surface area contributed by atoms with Crippen LogP contribution in [0.3, 0.4) is 0 Å². The molecule has 2 aromatic heterocycles. The lowest BCUT2D eigenvalue weighted by atomic mass is 10.1. The molecule has 1 unspecified atom stereocenters. The van der Waals surface area contributed by atoms with Crippen molar-refractivity contribution in [3.05, 3.63) is 58.7 Å². The highest BCUT2D eigenvalue weighted by molar-refractivity contribution is 8.13. The van der Waals surface area contributed by atoms with Gasteiger partial charge in [-0.2, -0.15) is 8.42 Å². The van der Waals surface area contributed by atoms with Crippen LogP contribution in [0, 0.1) is 6.92 Å². The standard InChI is InChI=1S/C21H18Cl2N2O5S3/c1-12-15-11-13(22)3-6-18(15)31-21(12)33(28,29)25-8-7-14-16(25)4-5-17-19(14)20(32(23,26)27)24(2)9-10-30-17/h3-8,11,20H,9-10H2,1-2H3. The molecule has 1 aliphatic heterocycles. The molecule has 0 fully saturated rings. The summed E-state index contributed by atoms with van der Waals surface area (Å²) in [6, 6.07) is 10.1. The molecule has 3 heterocycles. The van der Waals surface area contributed by atoms with E-state index in [1.807, 2.05) is 0 Å². The molecule has 0 spiro atoms. The number of rotatable bonds is 3. The fourth-order valence-electron chi connectivity index (χ4n) is 4.28. The molecule has 0 bridgehead atoms. The van der Waals surface area contributed by atoms with Crippen LogP contribution in [0.5, 0.6) is 5.75 Å². The third kappa shape index (κ3) is 3.64. The lowest BCUT2D eigenvalue weighted by Crippen LogP contribution is -2.29. The topological polar surface area (TPSA) is 85.7 Å². The zero-order chi connectivity index (χ0) is 23.7. The number of aromatic nitrogens is 1. The molecule has 1 atom stereocenters. The summed E-state index contributed by atoms with van der Waals surface area (Å²) in [6.07, 6.45) is 1.43. The summed E-state index contributed by atoms with van der Waals surface area (Å²) in [5.41, 5.74) is 1.28. The Labute approximate surface area is 204 Å². The molecule has 0 aliphatic carbocycles. The first-order valence-corrected chi connectivity index (χ1v) is 14.9. The van der Waals surface area contributed by atoms with Crippen molar-refractivity contribution in [2.45, 2.75) is 16.5 Å². The molecule has 0 radical (unpaired) electrons. The van der Waals surface area contributed by atoms with Crippen molar-refractivity contribution >= 4 is 73.7 Å². The van der Waals surface area contributed by atoms with Gasteiger partial charge in [0.25, 0.3) is 19.1 Å². The molecule has 4 aromatic rings. The van der Waals surface area contributed by atoms with Crippen molar-refractivity contribution in [3.63, 3.8) is 0 Å². The zero-order valence-electron chi connectivity index (χ0n) is 17.4. The van der Waals surface area contributed by atoms with E-state index in [2.05, 4.69) is 0 Å². The first-order chi connectivity index (χ1) is 15.5. The molecule has 2 aromatic carbocycles. The molecule has 1 aliphatic rings. The third-order valence-corrected chi connectivity index (χ3v) is 11.2. The molecule has 174 valence electrons. The minimum atomic E-state index is -4.06. The molecule has 33 heavy (non-hydrogen) atoms. The number of hydrogen-bond acceptors (Lipinski definition) is 7. The lowest BCUT2D eigenvalue weighted by molar-refractivity contribution is 0.252. The van der Waals surface area contributed by atoms with Gasteiger partial charge < -0.3 is 4.74 Å². The van der Waals surface area contributed by atoms with Gasteiger partial charge in [0.15, 0.2) is 5.37 Å². The maximum absolute atomic E-state index is 13.7. The van der Waals surface area contributed by atoms with Crippen LogP contribution < -0.4 is 4.74 Å². The summed E-state index contributed by atoms with van der Waals surface area (Å²) < 4.78 is 60.4. The van der Waals surface area contributed by atoms with E-state index in [-0.39, 0.29) is 10.8 Å². The Morgan fingerprint density at radius 3 is 2.58 bits per heavy atom. The summed E-state index contributed by atoms with van der Waals surface area (Å²) in [7, 11) is -0.575. The summed E-state index contributed by atoms with van der Waals surface area (Å²) >= 11 is 7.28. The highest BCUT2D eigenvalue weighted by Gasteiger charge is 2.36. The average Bonchev–Trinajstić information content (AvgIpc) is 3.25. The summed E-state index contributed by atoms with van der Waals surface area (Å²) in [6.45, 7) is 2.37. The first kappa shape index (κ1) is 22.9. The predicted molar refractivity (Wildman–Crippen MR) is 132 cm³/mol. The van der Waals surface area contributed by atoms with Gasteiger partial charge in [-0.1, -0.05) is 11.6 Å². The third-order valence-electron chi connectivity index (χ3n) is 5.80. The van der Waals surface area contributed by atoms with Crippen LogP contribution in [0.15, 0.2) is 46.8 Å². The zero-order valence-corrected chi connectivity index (χ0v) is 21.4. The van der Waals surface area contributed by atoms with Crippen LogP contribution in [0.25, 0.3) is 21.0 Å². The SMILES string of the molecule is Cc1c(S(=O)(=O)n2ccc3c4c(ccc32)OCCN(C)C4S(=O)(=O)Cl)sc2ccc(Cl)cc12. The molecule has 5 rings (SSSR count). The Kier molecular flexibility index (Phi) is 5.47. The van der Waals surface area contributed by atoms with Crippen molar-refractivity contribution < 1.29 is 21.6 Å². The lowest BCUT2D eigenvalue weighted by Gasteiger charge is -2.23. The van der Waals surface area contributed by atoms with Gasteiger partial charge >= 0.3 is 0 Å². The molecule has 0 amide bonds. The van der Waals surface area contributed by atoms with E-state index in [9.17, 15) is 16.8 Å². The fourth-order valence-corrected chi connectivity index (χ4v) is 9.36. The molecule has 0 N–H and O–H groups in total. The Morgan fingerprint density at radius 2 is 1.85 bits per heavy atom. The molecule has 0 saturated heterocycles. The number of likely N-dealkylation sites (N-methyl/N-ethyl adjacent to an activating group) is 1. The van der Waals surface area contributed by atoms with Crippen LogP contribution in [0.2, 0.25) is 5.02 Å². The molecular formula is C21H18Cl2N2O5S3. The van der Waals surface area contributed by atoms with Crippen molar-refractivity contribution in [3.8, 4) is 5.75 Å². The number of thiophene rings is 1. The number of ether oxygens (including phenoxy) is 1. The normalized spacial score (nSPS) is 17.8. The average molecular weight is 545 g/mol. The van der Waals surface area contributed by atoms with E-state index < -0.39 is 24.4 Å². The number of nitrogens with zero attached hydrogens (tertiary/aromatic N) is 2. The second-order valence-corrected chi connectivity index (χ2v) is 14.0. The van der Waals surface area contributed by atoms with Crippen LogP contribution in [0.1, 0.15) is 16.5 Å². The smallest absolute Gasteiger partial charge is 0.277 e. The monoisotopic (exact) mass is 544 g/mol. The van der Waals surface area contributed by atoms with E-state index in [0.29, 0.717) is 39.3 Å². The number of fused-ring (bicyclic) bond motifs is 4. The Bertz CT molecular complexity index is 1640. The van der Waals surface area contributed by atoms with Crippen molar-refractivity contribution in [2.75, 3.05) is 20.2 Å². The minimum absolute atomic E-state index is 0.196. The number of hydrogen-bond donors (Lipinski definition) is 0. The predicted octanol–water partition coefficient (Wildman–Crippen LogP) is 4.95. The van der Waals surface area contributed by atoms with Crippen molar-refractivity contribution in [1.82, 2.24) is 8.87 Å². The Hall–Kier alpha value is -1.82. The van der Waals surface area contributed by atoms with E-state index >= 15 is 0 Å². The van der Waals surface area contributed by atoms with Crippen LogP contribution in [-0.4, -0.2) is 45.9 Å². The largest absolute Gasteiger partial charge is 0.492 e. The molecule has 12 heteroatoms. The Balaban J connectivity index is 1.76. The summed E-state index contributed by atoms with van der Waals surface area (Å²) in [5, 5.41) is 0.576. The van der Waals surface area contributed by atoms with Gasteiger partial charge in [0.1, 0.15) is 16.6 Å². The van der Waals surface area contributed by atoms with Crippen molar-refractivity contribution in [1.29, 1.82) is 0 Å². The van der Waals surface area contributed by atoms with Crippen LogP contribution in [0.4, 0.5) is 0 Å².